The van der Waals surface area contributed by atoms with Crippen molar-refractivity contribution < 1.29 is 44.3 Å². The first-order valence-corrected chi connectivity index (χ1v) is 8.30. The highest BCUT2D eigenvalue weighted by molar-refractivity contribution is 6.15. The van der Waals surface area contributed by atoms with E-state index >= 15 is 0 Å². The zero-order valence-corrected chi connectivity index (χ0v) is 15.2. The van der Waals surface area contributed by atoms with Gasteiger partial charge in [0, 0.05) is 24.7 Å². The zero-order valence-electron chi connectivity index (χ0n) is 15.2. The van der Waals surface area contributed by atoms with Gasteiger partial charge in [0.2, 0.25) is 5.78 Å². The molecule has 11 nitrogen and oxygen atoms in total. The summed E-state index contributed by atoms with van der Waals surface area (Å²) in [7, 11) is 1.33. The van der Waals surface area contributed by atoms with Gasteiger partial charge in [0.1, 0.15) is 11.4 Å². The number of carbonyl (C=O) groups excluding carboxylic acids is 1. The third-order valence-corrected chi connectivity index (χ3v) is 4.76. The molecule has 0 bridgehead atoms. The summed E-state index contributed by atoms with van der Waals surface area (Å²) in [5.41, 5.74) is -5.23. The van der Waals surface area contributed by atoms with Crippen LogP contribution in [-0.4, -0.2) is 67.3 Å². The highest BCUT2D eigenvalue weighted by Gasteiger charge is 2.50. The fourth-order valence-corrected chi connectivity index (χ4v) is 3.34. The maximum Gasteiger partial charge on any atom is 0.354 e. The Kier molecular flexibility index (Phi) is 4.73. The number of nitrogens with zero attached hydrogens (tertiary/aromatic N) is 1. The molecule has 0 saturated carbocycles. The van der Waals surface area contributed by atoms with E-state index in [9.17, 15) is 39.6 Å². The number of Topliss-reactive ketones (excluding diaryl/α,β-unsaturated/α-hetero) is 1. The van der Waals surface area contributed by atoms with E-state index in [0.29, 0.717) is 0 Å². The third-order valence-electron chi connectivity index (χ3n) is 4.76. The van der Waals surface area contributed by atoms with E-state index < -0.39 is 58.0 Å². The van der Waals surface area contributed by atoms with Gasteiger partial charge in [0.05, 0.1) is 23.1 Å². The summed E-state index contributed by atoms with van der Waals surface area (Å²) in [6.45, 7) is 1.54. The van der Waals surface area contributed by atoms with Crippen molar-refractivity contribution in [2.45, 2.75) is 25.0 Å². The number of aliphatic hydroxyl groups is 1. The first-order chi connectivity index (χ1) is 13.5. The molecule has 1 aliphatic rings. The molecule has 29 heavy (non-hydrogen) atoms. The third kappa shape index (κ3) is 3.05. The number of rotatable bonds is 6. The van der Waals surface area contributed by atoms with Crippen molar-refractivity contribution >= 4 is 23.7 Å². The number of hydrogen-bond donors (Lipinski definition) is 5. The van der Waals surface area contributed by atoms with Crippen LogP contribution in [0.15, 0.2) is 12.1 Å². The molecule has 11 heteroatoms. The maximum atomic E-state index is 13.1. The van der Waals surface area contributed by atoms with E-state index in [1.807, 2.05) is 0 Å². The number of ether oxygens (including phenoxy) is 1. The van der Waals surface area contributed by atoms with Crippen molar-refractivity contribution in [3.05, 3.63) is 40.3 Å². The summed E-state index contributed by atoms with van der Waals surface area (Å²) in [5, 5.41) is 39.4. The van der Waals surface area contributed by atoms with E-state index in [1.54, 1.807) is 6.92 Å². The predicted molar refractivity (Wildman–Crippen MR) is 94.2 cm³/mol. The Morgan fingerprint density at radius 1 is 1.17 bits per heavy atom. The molecule has 2 heterocycles. The Balaban J connectivity index is 2.44. The first kappa shape index (κ1) is 20.2. The van der Waals surface area contributed by atoms with E-state index in [0.717, 1.165) is 12.1 Å². The van der Waals surface area contributed by atoms with Gasteiger partial charge >= 0.3 is 17.9 Å². The number of ketones is 1. The molecule has 0 fully saturated rings. The number of methoxy groups -OCH3 is 1. The Hall–Kier alpha value is -3.57. The van der Waals surface area contributed by atoms with Gasteiger partial charge < -0.3 is 30.1 Å². The van der Waals surface area contributed by atoms with Gasteiger partial charge in [0.25, 0.3) is 0 Å². The number of hydrogen-bond acceptors (Lipinski definition) is 7. The maximum absolute atomic E-state index is 13.1. The molecular formula is C18H16N2O9. The van der Waals surface area contributed by atoms with Crippen LogP contribution in [0.25, 0.3) is 11.3 Å². The molecule has 2 atom stereocenters. The number of carbonyl (C=O) groups is 4. The number of aromatic nitrogens is 2. The lowest BCUT2D eigenvalue weighted by Gasteiger charge is -2.34. The van der Waals surface area contributed by atoms with Crippen LogP contribution >= 0.6 is 0 Å². The molecule has 0 spiro atoms. The standard InChI is InChI=1S/C18H16N2O9/c1-6(29-2)5-18(28)13-11(7(15(22)23)3-10(20-13)17(26)27)12-8(14(18)21)4-9(19-12)16(24)25/h3-4,6,19,28H,5H2,1-2H3,(H,22,23)(H,24,25)(H,26,27). The normalized spacial score (nSPS) is 18.7. The fraction of sp³-hybridized carbons (Fsp3) is 0.278. The average Bonchev–Trinajstić information content (AvgIpc) is 3.10. The molecule has 3 rings (SSSR count). The second-order valence-electron chi connectivity index (χ2n) is 6.61. The van der Waals surface area contributed by atoms with Crippen molar-refractivity contribution in [2.24, 2.45) is 0 Å². The minimum absolute atomic E-state index is 0.168. The van der Waals surface area contributed by atoms with Crippen LogP contribution in [0.4, 0.5) is 0 Å². The van der Waals surface area contributed by atoms with Crippen LogP contribution in [0, 0.1) is 0 Å². The molecule has 152 valence electrons. The number of carboxylic acids is 3. The number of aromatic amines is 1. The zero-order chi connectivity index (χ0) is 21.7. The Bertz CT molecular complexity index is 1070. The van der Waals surface area contributed by atoms with Crippen molar-refractivity contribution in [1.29, 1.82) is 0 Å². The van der Waals surface area contributed by atoms with Gasteiger partial charge in [0.15, 0.2) is 5.60 Å². The molecule has 0 aliphatic heterocycles. The van der Waals surface area contributed by atoms with Crippen LogP contribution < -0.4 is 0 Å². The summed E-state index contributed by atoms with van der Waals surface area (Å²) in [6.07, 6.45) is -1.06. The van der Waals surface area contributed by atoms with Crippen molar-refractivity contribution in [1.82, 2.24) is 9.97 Å². The summed E-state index contributed by atoms with van der Waals surface area (Å²) < 4.78 is 5.09. The van der Waals surface area contributed by atoms with Crippen molar-refractivity contribution in [3.63, 3.8) is 0 Å². The Labute approximate surface area is 162 Å². The van der Waals surface area contributed by atoms with Crippen molar-refractivity contribution in [3.8, 4) is 11.3 Å². The lowest BCUT2D eigenvalue weighted by molar-refractivity contribution is -0.0124. The molecule has 5 N–H and O–H groups in total. The topological polar surface area (TPSA) is 187 Å². The minimum atomic E-state index is -2.43. The van der Waals surface area contributed by atoms with Crippen LogP contribution in [-0.2, 0) is 10.3 Å². The number of aromatic carboxylic acids is 3. The van der Waals surface area contributed by atoms with Gasteiger partial charge in [-0.1, -0.05) is 0 Å². The minimum Gasteiger partial charge on any atom is -0.478 e. The molecule has 2 aromatic heterocycles. The van der Waals surface area contributed by atoms with Gasteiger partial charge in [-0.2, -0.15) is 0 Å². The summed E-state index contributed by atoms with van der Waals surface area (Å²) in [6, 6.07) is 1.77. The SMILES string of the molecule is COC(C)CC1(O)C(=O)c2cc(C(=O)O)[nH]c2-c2c(C(=O)O)cc(C(=O)O)nc21. The Morgan fingerprint density at radius 2 is 1.83 bits per heavy atom. The van der Waals surface area contributed by atoms with E-state index in [4.69, 9.17) is 4.74 Å². The van der Waals surface area contributed by atoms with Crippen LogP contribution in [0.5, 0.6) is 0 Å². The highest BCUT2D eigenvalue weighted by atomic mass is 16.5. The molecule has 0 aromatic carbocycles. The van der Waals surface area contributed by atoms with Crippen molar-refractivity contribution in [2.75, 3.05) is 7.11 Å². The van der Waals surface area contributed by atoms with Crippen LogP contribution in [0.3, 0.4) is 0 Å². The second kappa shape index (κ2) is 6.79. The summed E-state index contributed by atoms with van der Waals surface area (Å²) in [5.74, 6) is -5.46. The van der Waals surface area contributed by atoms with Gasteiger partial charge in [-0.3, -0.25) is 4.79 Å². The Morgan fingerprint density at radius 3 is 2.34 bits per heavy atom. The highest BCUT2D eigenvalue weighted by Crippen LogP contribution is 2.45. The van der Waals surface area contributed by atoms with Crippen LogP contribution in [0.1, 0.15) is 60.7 Å². The molecular weight excluding hydrogens is 388 g/mol. The van der Waals surface area contributed by atoms with E-state index in [-0.39, 0.29) is 23.2 Å². The molecule has 0 radical (unpaired) electrons. The number of nitrogens with one attached hydrogen (secondary N) is 1. The van der Waals surface area contributed by atoms with Gasteiger partial charge in [-0.25, -0.2) is 19.4 Å². The number of pyridine rings is 1. The largest absolute Gasteiger partial charge is 0.478 e. The molecule has 0 amide bonds. The molecule has 0 saturated heterocycles. The van der Waals surface area contributed by atoms with Gasteiger partial charge in [-0.05, 0) is 19.1 Å². The van der Waals surface area contributed by atoms with Gasteiger partial charge in [-0.15, -0.1) is 0 Å². The predicted octanol–water partition coefficient (Wildman–Crippen LogP) is 0.980. The summed E-state index contributed by atoms with van der Waals surface area (Å²) >= 11 is 0. The van der Waals surface area contributed by atoms with E-state index in [1.165, 1.54) is 7.11 Å². The smallest absolute Gasteiger partial charge is 0.354 e. The van der Waals surface area contributed by atoms with Crippen LogP contribution in [0.2, 0.25) is 0 Å². The quantitative estimate of drug-likeness (QED) is 0.464. The fourth-order valence-electron chi connectivity index (χ4n) is 3.34. The van der Waals surface area contributed by atoms with E-state index in [2.05, 4.69) is 9.97 Å². The molecule has 2 aromatic rings. The number of H-pyrrole nitrogens is 1. The monoisotopic (exact) mass is 404 g/mol. The second-order valence-corrected chi connectivity index (χ2v) is 6.61. The lowest BCUT2D eigenvalue weighted by atomic mass is 9.76. The molecule has 1 aliphatic carbocycles. The first-order valence-electron chi connectivity index (χ1n) is 8.30. The lowest BCUT2D eigenvalue weighted by Crippen LogP contribution is -2.43. The molecule has 2 unspecified atom stereocenters. The number of fused-ring (bicyclic) bond motifs is 3. The summed E-state index contributed by atoms with van der Waals surface area (Å²) in [4.78, 5) is 54.0. The average molecular weight is 404 g/mol. The number of carboxylic acid groups (broad SMARTS) is 3.